The van der Waals surface area contributed by atoms with E-state index in [4.69, 9.17) is 11.6 Å². The molecule has 2 aromatic carbocycles. The molecular weight excluding hydrogens is 460 g/mol. The lowest BCUT2D eigenvalue weighted by Crippen LogP contribution is -2.23. The first-order chi connectivity index (χ1) is 9.93. The maximum Gasteiger partial charge on any atom is 0.0590 e. The molecule has 0 saturated carbocycles. The standard InChI is InChI=1S/C17H18BrClIN/c1-4-21-17(14-9-12(19)5-6-16(14)20)13-7-11(3)15(18)8-10(13)2/h5-9,17,21H,4H2,1-3H3. The molecule has 2 aromatic rings. The first-order valence-corrected chi connectivity index (χ1v) is 9.14. The van der Waals surface area contributed by atoms with Crippen molar-refractivity contribution in [1.29, 1.82) is 0 Å². The van der Waals surface area contributed by atoms with E-state index in [1.54, 1.807) is 0 Å². The Morgan fingerprint density at radius 2 is 1.86 bits per heavy atom. The van der Waals surface area contributed by atoms with E-state index >= 15 is 0 Å². The maximum atomic E-state index is 6.21. The number of hydrogen-bond acceptors (Lipinski definition) is 1. The van der Waals surface area contributed by atoms with Crippen molar-refractivity contribution in [2.75, 3.05) is 6.54 Å². The van der Waals surface area contributed by atoms with Gasteiger partial charge in [-0.2, -0.15) is 0 Å². The fraction of sp³-hybridized carbons (Fsp3) is 0.294. The number of rotatable bonds is 4. The van der Waals surface area contributed by atoms with Crippen molar-refractivity contribution < 1.29 is 0 Å². The topological polar surface area (TPSA) is 12.0 Å². The second-order valence-corrected chi connectivity index (χ2v) is 7.57. The number of benzene rings is 2. The van der Waals surface area contributed by atoms with Gasteiger partial charge >= 0.3 is 0 Å². The fourth-order valence-electron chi connectivity index (χ4n) is 2.44. The zero-order chi connectivity index (χ0) is 15.6. The molecule has 0 aromatic heterocycles. The Bertz CT molecular complexity index is 657. The van der Waals surface area contributed by atoms with E-state index in [0.29, 0.717) is 0 Å². The zero-order valence-corrected chi connectivity index (χ0v) is 16.8. The van der Waals surface area contributed by atoms with E-state index < -0.39 is 0 Å². The van der Waals surface area contributed by atoms with Crippen LogP contribution in [0.5, 0.6) is 0 Å². The van der Waals surface area contributed by atoms with Crippen LogP contribution in [0.2, 0.25) is 5.02 Å². The van der Waals surface area contributed by atoms with Gasteiger partial charge in [-0.3, -0.25) is 0 Å². The van der Waals surface area contributed by atoms with Crippen molar-refractivity contribution in [3.8, 4) is 0 Å². The third kappa shape index (κ3) is 4.01. The van der Waals surface area contributed by atoms with Gasteiger partial charge in [0.05, 0.1) is 6.04 Å². The van der Waals surface area contributed by atoms with E-state index in [-0.39, 0.29) is 6.04 Å². The Morgan fingerprint density at radius 1 is 1.14 bits per heavy atom. The molecule has 0 saturated heterocycles. The quantitative estimate of drug-likeness (QED) is 0.530. The molecule has 4 heteroatoms. The van der Waals surface area contributed by atoms with Gasteiger partial charge in [0.1, 0.15) is 0 Å². The highest BCUT2D eigenvalue weighted by atomic mass is 127. The van der Waals surface area contributed by atoms with E-state index in [9.17, 15) is 0 Å². The molecule has 1 N–H and O–H groups in total. The average molecular weight is 479 g/mol. The van der Waals surface area contributed by atoms with E-state index in [1.165, 1.54) is 25.8 Å². The van der Waals surface area contributed by atoms with Gasteiger partial charge in [-0.05, 0) is 89.5 Å². The van der Waals surface area contributed by atoms with Gasteiger partial charge in [-0.15, -0.1) is 0 Å². The number of hydrogen-bond donors (Lipinski definition) is 1. The van der Waals surface area contributed by atoms with Crippen LogP contribution in [0, 0.1) is 17.4 Å². The number of aryl methyl sites for hydroxylation is 2. The normalized spacial score (nSPS) is 12.5. The highest BCUT2D eigenvalue weighted by Gasteiger charge is 2.19. The molecule has 1 nitrogen and oxygen atoms in total. The summed E-state index contributed by atoms with van der Waals surface area (Å²) in [7, 11) is 0. The monoisotopic (exact) mass is 477 g/mol. The van der Waals surface area contributed by atoms with Gasteiger partial charge < -0.3 is 5.32 Å². The Kier molecular flexibility index (Phi) is 6.12. The molecule has 0 heterocycles. The molecule has 0 aliphatic carbocycles. The highest BCUT2D eigenvalue weighted by molar-refractivity contribution is 14.1. The minimum atomic E-state index is 0.160. The Labute approximate surface area is 153 Å². The lowest BCUT2D eigenvalue weighted by molar-refractivity contribution is 0.625. The average Bonchev–Trinajstić information content (AvgIpc) is 2.43. The summed E-state index contributed by atoms with van der Waals surface area (Å²) in [6.07, 6.45) is 0. The van der Waals surface area contributed by atoms with Crippen LogP contribution in [0.1, 0.15) is 35.2 Å². The van der Waals surface area contributed by atoms with Gasteiger partial charge in [0.25, 0.3) is 0 Å². The predicted octanol–water partition coefficient (Wildman–Crippen LogP) is 6.02. The van der Waals surface area contributed by atoms with Crippen molar-refractivity contribution in [3.05, 3.63) is 65.7 Å². The molecule has 0 fully saturated rings. The van der Waals surface area contributed by atoms with Crippen molar-refractivity contribution in [2.24, 2.45) is 0 Å². The molecule has 0 radical (unpaired) electrons. The van der Waals surface area contributed by atoms with Crippen LogP contribution < -0.4 is 5.32 Å². The Morgan fingerprint density at radius 3 is 2.52 bits per heavy atom. The summed E-state index contributed by atoms with van der Waals surface area (Å²) in [6, 6.07) is 10.7. The molecule has 0 aliphatic heterocycles. The summed E-state index contributed by atoms with van der Waals surface area (Å²) in [5.41, 5.74) is 5.05. The lowest BCUT2D eigenvalue weighted by Gasteiger charge is -2.23. The van der Waals surface area contributed by atoms with E-state index in [1.807, 2.05) is 6.07 Å². The summed E-state index contributed by atoms with van der Waals surface area (Å²) >= 11 is 12.2. The molecule has 0 bridgehead atoms. The molecule has 2 rings (SSSR count). The van der Waals surface area contributed by atoms with Crippen molar-refractivity contribution in [3.63, 3.8) is 0 Å². The second kappa shape index (κ2) is 7.44. The predicted molar refractivity (Wildman–Crippen MR) is 103 cm³/mol. The van der Waals surface area contributed by atoms with Crippen LogP contribution in [0.3, 0.4) is 0 Å². The van der Waals surface area contributed by atoms with Gasteiger partial charge in [-0.1, -0.05) is 40.5 Å². The SMILES string of the molecule is CCNC(c1cc(C)c(Br)cc1C)c1cc(Cl)ccc1I. The van der Waals surface area contributed by atoms with Crippen molar-refractivity contribution in [1.82, 2.24) is 5.32 Å². The smallest absolute Gasteiger partial charge is 0.0590 e. The molecule has 21 heavy (non-hydrogen) atoms. The van der Waals surface area contributed by atoms with E-state index in [2.05, 4.69) is 88.9 Å². The number of nitrogens with one attached hydrogen (secondary N) is 1. The van der Waals surface area contributed by atoms with Crippen LogP contribution in [0.15, 0.2) is 34.8 Å². The van der Waals surface area contributed by atoms with Crippen LogP contribution in [-0.2, 0) is 0 Å². The third-order valence-corrected chi connectivity index (χ3v) is 5.61. The molecular formula is C17H18BrClIN. The minimum absolute atomic E-state index is 0.160. The Hall–Kier alpha value is -0.100. The summed E-state index contributed by atoms with van der Waals surface area (Å²) in [5.74, 6) is 0. The number of halogens is 3. The lowest BCUT2D eigenvalue weighted by atomic mass is 9.93. The summed E-state index contributed by atoms with van der Waals surface area (Å²) in [6.45, 7) is 7.31. The second-order valence-electron chi connectivity index (χ2n) is 5.11. The zero-order valence-electron chi connectivity index (χ0n) is 12.3. The van der Waals surface area contributed by atoms with Crippen molar-refractivity contribution in [2.45, 2.75) is 26.8 Å². The summed E-state index contributed by atoms with van der Waals surface area (Å²) in [5, 5.41) is 4.37. The van der Waals surface area contributed by atoms with Crippen LogP contribution in [0.25, 0.3) is 0 Å². The molecule has 0 aliphatic rings. The fourth-order valence-corrected chi connectivity index (χ4v) is 3.73. The molecule has 112 valence electrons. The molecule has 1 unspecified atom stereocenters. The first kappa shape index (κ1) is 17.3. The first-order valence-electron chi connectivity index (χ1n) is 6.89. The highest BCUT2D eigenvalue weighted by Crippen LogP contribution is 2.32. The summed E-state index contributed by atoms with van der Waals surface area (Å²) in [4.78, 5) is 0. The molecule has 1 atom stereocenters. The van der Waals surface area contributed by atoms with Gasteiger partial charge in [0.2, 0.25) is 0 Å². The van der Waals surface area contributed by atoms with Crippen LogP contribution in [-0.4, -0.2) is 6.54 Å². The van der Waals surface area contributed by atoms with E-state index in [0.717, 1.165) is 16.0 Å². The van der Waals surface area contributed by atoms with Crippen LogP contribution >= 0.6 is 50.1 Å². The van der Waals surface area contributed by atoms with Crippen LogP contribution in [0.4, 0.5) is 0 Å². The third-order valence-electron chi connectivity index (χ3n) is 3.54. The maximum absolute atomic E-state index is 6.21. The minimum Gasteiger partial charge on any atom is -0.306 e. The van der Waals surface area contributed by atoms with Gasteiger partial charge in [0, 0.05) is 13.1 Å². The van der Waals surface area contributed by atoms with Gasteiger partial charge in [0.15, 0.2) is 0 Å². The molecule has 0 amide bonds. The largest absolute Gasteiger partial charge is 0.306 e. The van der Waals surface area contributed by atoms with Crippen molar-refractivity contribution >= 4 is 50.1 Å². The molecule has 0 spiro atoms. The Balaban J connectivity index is 2.58. The van der Waals surface area contributed by atoms with Gasteiger partial charge in [-0.25, -0.2) is 0 Å². The summed E-state index contributed by atoms with van der Waals surface area (Å²) < 4.78 is 2.38.